The van der Waals surface area contributed by atoms with E-state index >= 15 is 0 Å². The third kappa shape index (κ3) is 3.49. The zero-order valence-electron chi connectivity index (χ0n) is 11.6. The molecule has 0 heterocycles. The van der Waals surface area contributed by atoms with Gasteiger partial charge in [-0.05, 0) is 40.2 Å². The van der Waals surface area contributed by atoms with E-state index < -0.39 is 0 Å². The second-order valence-electron chi connectivity index (χ2n) is 6.44. The molecule has 1 aromatic rings. The molecule has 0 N–H and O–H groups in total. The predicted octanol–water partition coefficient (Wildman–Crippen LogP) is 5.02. The molecule has 0 aliphatic rings. The number of nitrogens with zero attached hydrogens (tertiary/aromatic N) is 1. The minimum atomic E-state index is 0.0709. The molecule has 0 saturated carbocycles. The summed E-state index contributed by atoms with van der Waals surface area (Å²) in [5.41, 5.74) is 3.63. The van der Waals surface area contributed by atoms with Gasteiger partial charge >= 0.3 is 0 Å². The molecule has 1 rings (SSSR count). The van der Waals surface area contributed by atoms with Crippen LogP contribution in [0.15, 0.2) is 23.2 Å². The van der Waals surface area contributed by atoms with E-state index in [2.05, 4.69) is 69.9 Å². The lowest BCUT2D eigenvalue weighted by Gasteiger charge is -2.25. The lowest BCUT2D eigenvalue weighted by molar-refractivity contribution is 0.578. The van der Waals surface area contributed by atoms with Crippen molar-refractivity contribution in [3.63, 3.8) is 0 Å². The highest BCUT2D eigenvalue weighted by molar-refractivity contribution is 7.78. The van der Waals surface area contributed by atoms with Gasteiger partial charge in [0.2, 0.25) is 0 Å². The number of hydrogen-bond donors (Lipinski definition) is 0. The summed E-state index contributed by atoms with van der Waals surface area (Å²) in [6.45, 7) is 13.1. The van der Waals surface area contributed by atoms with Gasteiger partial charge in [0, 0.05) is 0 Å². The van der Waals surface area contributed by atoms with E-state index in [1.165, 1.54) is 11.1 Å². The summed E-state index contributed by atoms with van der Waals surface area (Å²) in [7, 11) is 0. The zero-order chi connectivity index (χ0) is 13.3. The van der Waals surface area contributed by atoms with Crippen molar-refractivity contribution in [1.82, 2.24) is 0 Å². The van der Waals surface area contributed by atoms with Crippen molar-refractivity contribution in [2.45, 2.75) is 52.4 Å². The second-order valence-corrected chi connectivity index (χ2v) is 6.62. The number of hydrogen-bond acceptors (Lipinski definition) is 2. The van der Waals surface area contributed by atoms with E-state index in [-0.39, 0.29) is 10.8 Å². The Morgan fingerprint density at radius 3 is 2.00 bits per heavy atom. The van der Waals surface area contributed by atoms with Gasteiger partial charge < -0.3 is 0 Å². The van der Waals surface area contributed by atoms with E-state index in [0.717, 1.165) is 5.69 Å². The molecular weight excluding hydrogens is 226 g/mol. The molecule has 1 nitrogen and oxygen atoms in total. The van der Waals surface area contributed by atoms with Crippen LogP contribution in [0.2, 0.25) is 0 Å². The Bertz CT molecular complexity index is 455. The summed E-state index contributed by atoms with van der Waals surface area (Å²) >= 11 is 4.74. The van der Waals surface area contributed by atoms with Gasteiger partial charge in [-0.3, -0.25) is 0 Å². The maximum atomic E-state index is 4.74. The average molecular weight is 247 g/mol. The van der Waals surface area contributed by atoms with Crippen molar-refractivity contribution in [2.24, 2.45) is 4.99 Å². The molecule has 0 amide bonds. The summed E-state index contributed by atoms with van der Waals surface area (Å²) in [4.78, 5) is 4.21. The van der Waals surface area contributed by atoms with Crippen molar-refractivity contribution in [3.8, 4) is 0 Å². The van der Waals surface area contributed by atoms with Gasteiger partial charge in [0.05, 0.1) is 10.8 Å². The largest absolute Gasteiger partial charge is 0.194 e. The summed E-state index contributed by atoms with van der Waals surface area (Å²) < 4.78 is 0. The van der Waals surface area contributed by atoms with E-state index in [4.69, 9.17) is 12.2 Å². The van der Waals surface area contributed by atoms with Crippen LogP contribution in [0, 0.1) is 0 Å². The molecule has 0 bridgehead atoms. The number of thiocarbonyl (C=S) groups is 1. The zero-order valence-corrected chi connectivity index (χ0v) is 12.4. The lowest BCUT2D eigenvalue weighted by atomic mass is 9.81. The maximum absolute atomic E-state index is 4.74. The van der Waals surface area contributed by atoms with Gasteiger partial charge in [0.25, 0.3) is 0 Å². The van der Waals surface area contributed by atoms with Crippen LogP contribution in [0.3, 0.4) is 0 Å². The summed E-state index contributed by atoms with van der Waals surface area (Å²) in [6.07, 6.45) is 0. The van der Waals surface area contributed by atoms with Crippen LogP contribution in [-0.4, -0.2) is 5.16 Å². The molecule has 0 saturated heterocycles. The maximum Gasteiger partial charge on any atom is 0.0779 e. The van der Waals surface area contributed by atoms with Gasteiger partial charge in [-0.15, -0.1) is 0 Å². The summed E-state index contributed by atoms with van der Waals surface area (Å²) in [5, 5.41) is 2.48. The molecule has 0 aromatic heterocycles. The number of isothiocyanates is 1. The minimum Gasteiger partial charge on any atom is -0.194 e. The molecular formula is C15H21NS. The lowest BCUT2D eigenvalue weighted by Crippen LogP contribution is -2.14. The fourth-order valence-corrected chi connectivity index (χ4v) is 1.87. The quantitative estimate of drug-likeness (QED) is 0.501. The molecule has 0 unspecified atom stereocenters. The SMILES string of the molecule is CC(C)(C)c1ccc(C(C)(C)C)c(N=C=S)c1. The molecule has 17 heavy (non-hydrogen) atoms. The molecule has 2 heteroatoms. The van der Waals surface area contributed by atoms with E-state index in [1.54, 1.807) is 0 Å². The van der Waals surface area contributed by atoms with Crippen molar-refractivity contribution in [1.29, 1.82) is 0 Å². The third-order valence-electron chi connectivity index (χ3n) is 2.84. The van der Waals surface area contributed by atoms with Gasteiger partial charge in [-0.2, -0.15) is 4.99 Å². The van der Waals surface area contributed by atoms with E-state index in [0.29, 0.717) is 0 Å². The molecule has 0 spiro atoms. The number of benzene rings is 1. The van der Waals surface area contributed by atoms with Gasteiger partial charge in [-0.25, -0.2) is 0 Å². The smallest absolute Gasteiger partial charge is 0.0779 e. The fourth-order valence-electron chi connectivity index (χ4n) is 1.77. The fraction of sp³-hybridized carbons (Fsp3) is 0.533. The topological polar surface area (TPSA) is 12.4 Å². The normalized spacial score (nSPS) is 12.1. The first-order chi connectivity index (χ1) is 7.66. The molecule has 92 valence electrons. The Kier molecular flexibility index (Phi) is 3.91. The van der Waals surface area contributed by atoms with Crippen LogP contribution in [0.1, 0.15) is 52.7 Å². The standard InChI is InChI=1S/C15H21NS/c1-14(2,3)11-7-8-12(15(4,5)6)13(9-11)16-10-17/h7-9H,1-6H3. The highest BCUT2D eigenvalue weighted by Crippen LogP contribution is 2.35. The Morgan fingerprint density at radius 2 is 1.59 bits per heavy atom. The minimum absolute atomic E-state index is 0.0709. The average Bonchev–Trinajstić information content (AvgIpc) is 2.15. The van der Waals surface area contributed by atoms with Gasteiger partial charge in [0.1, 0.15) is 0 Å². The molecule has 0 aliphatic carbocycles. The molecule has 1 aromatic carbocycles. The van der Waals surface area contributed by atoms with Gasteiger partial charge in [-0.1, -0.05) is 53.7 Å². The van der Waals surface area contributed by atoms with E-state index in [9.17, 15) is 0 Å². The van der Waals surface area contributed by atoms with Crippen molar-refractivity contribution < 1.29 is 0 Å². The third-order valence-corrected chi connectivity index (χ3v) is 2.93. The van der Waals surface area contributed by atoms with Crippen molar-refractivity contribution >= 4 is 23.1 Å². The van der Waals surface area contributed by atoms with Crippen LogP contribution in [0.4, 0.5) is 5.69 Å². The molecule has 0 atom stereocenters. The molecule has 0 fully saturated rings. The summed E-state index contributed by atoms with van der Waals surface area (Å²) in [6, 6.07) is 6.47. The highest BCUT2D eigenvalue weighted by Gasteiger charge is 2.21. The van der Waals surface area contributed by atoms with Crippen molar-refractivity contribution in [2.75, 3.05) is 0 Å². The highest BCUT2D eigenvalue weighted by atomic mass is 32.1. The molecule has 0 radical (unpaired) electrons. The molecule has 0 aliphatic heterocycles. The Balaban J connectivity index is 3.43. The Morgan fingerprint density at radius 1 is 1.00 bits per heavy atom. The van der Waals surface area contributed by atoms with Crippen LogP contribution >= 0.6 is 12.2 Å². The Labute approximate surface area is 110 Å². The first-order valence-corrected chi connectivity index (χ1v) is 6.30. The second kappa shape index (κ2) is 4.72. The Hall–Kier alpha value is -0.980. The number of aliphatic imine (C=N–C) groups is 1. The number of rotatable bonds is 1. The van der Waals surface area contributed by atoms with Gasteiger partial charge in [0.15, 0.2) is 0 Å². The van der Waals surface area contributed by atoms with Crippen LogP contribution in [0.25, 0.3) is 0 Å². The first kappa shape index (κ1) is 14.1. The monoisotopic (exact) mass is 247 g/mol. The van der Waals surface area contributed by atoms with E-state index in [1.807, 2.05) is 0 Å². The van der Waals surface area contributed by atoms with Crippen molar-refractivity contribution in [3.05, 3.63) is 29.3 Å². The van der Waals surface area contributed by atoms with Crippen LogP contribution < -0.4 is 0 Å². The predicted molar refractivity (Wildman–Crippen MR) is 78.5 cm³/mol. The summed E-state index contributed by atoms with van der Waals surface area (Å²) in [5.74, 6) is 0. The van der Waals surface area contributed by atoms with Crippen LogP contribution in [-0.2, 0) is 10.8 Å². The van der Waals surface area contributed by atoms with Crippen LogP contribution in [0.5, 0.6) is 0 Å². The first-order valence-electron chi connectivity index (χ1n) is 5.89.